The van der Waals surface area contributed by atoms with Crippen LogP contribution in [0.4, 0.5) is 11.4 Å². The average Bonchev–Trinajstić information content (AvgIpc) is 3.59. The Balaban J connectivity index is 1.34. The zero-order valence-corrected chi connectivity index (χ0v) is 37.3. The smallest absolute Gasteiger partial charge is 0.355 e. The Kier molecular flexibility index (Phi) is 12.6. The number of hydrogen-bond acceptors (Lipinski definition) is 9. The molecule has 0 saturated carbocycles. The first-order valence-corrected chi connectivity index (χ1v) is 27.0. The molecule has 3 aromatic carbocycles. The van der Waals surface area contributed by atoms with Crippen LogP contribution in [0.15, 0.2) is 70.8 Å². The SMILES string of the molecule is CC[Si](CC)(CC)OCCc1ccc2c3c(cccc13)N(CC1=C(C(=O)OCc3ccc([N+](=O)[O-])cc3)N3C(=O)[C@H]([C@@H](C)O[Si](CC)(CC)CC)[C@H]3[C@H]1C)S2(=O)=O. The van der Waals surface area contributed by atoms with E-state index < -0.39 is 49.5 Å². The Hall–Kier alpha value is -3.90. The molecule has 12 nitrogen and oxygen atoms in total. The minimum Gasteiger partial charge on any atom is -0.456 e. The van der Waals surface area contributed by atoms with E-state index in [0.29, 0.717) is 35.2 Å². The second kappa shape index (κ2) is 16.8. The highest BCUT2D eigenvalue weighted by atomic mass is 32.2. The Morgan fingerprint density at radius 3 is 2.14 bits per heavy atom. The number of amides is 1. The molecule has 3 heterocycles. The highest BCUT2D eigenvalue weighted by Gasteiger charge is 2.61. The van der Waals surface area contributed by atoms with Gasteiger partial charge in [-0.25, -0.2) is 13.2 Å². The summed E-state index contributed by atoms with van der Waals surface area (Å²) in [5, 5.41) is 12.7. The molecule has 3 aromatic rings. The number of anilines is 1. The molecule has 0 radical (unpaired) electrons. The molecule has 3 aliphatic rings. The van der Waals surface area contributed by atoms with Gasteiger partial charge in [-0.2, -0.15) is 0 Å². The van der Waals surface area contributed by atoms with Crippen molar-refractivity contribution in [2.45, 2.75) is 122 Å². The molecule has 1 saturated heterocycles. The van der Waals surface area contributed by atoms with E-state index in [1.54, 1.807) is 12.1 Å². The predicted molar refractivity (Wildman–Crippen MR) is 226 cm³/mol. The Labute approximate surface area is 339 Å². The Morgan fingerprint density at radius 1 is 0.912 bits per heavy atom. The number of nitro benzene ring substituents is 1. The average molecular weight is 836 g/mol. The number of ether oxygens (including phenoxy) is 1. The van der Waals surface area contributed by atoms with Crippen molar-refractivity contribution in [3.63, 3.8) is 0 Å². The maximum Gasteiger partial charge on any atom is 0.355 e. The molecule has 0 N–H and O–H groups in total. The summed E-state index contributed by atoms with van der Waals surface area (Å²) in [7, 11) is -7.94. The molecule has 0 spiro atoms. The first-order chi connectivity index (χ1) is 27.2. The molecule has 15 heteroatoms. The fourth-order valence-electron chi connectivity index (χ4n) is 9.29. The minimum absolute atomic E-state index is 0.0550. The summed E-state index contributed by atoms with van der Waals surface area (Å²) in [6.45, 7) is 17.1. The largest absolute Gasteiger partial charge is 0.456 e. The molecule has 0 aliphatic carbocycles. The summed E-state index contributed by atoms with van der Waals surface area (Å²) < 4.78 is 49.5. The first kappa shape index (κ1) is 42.7. The van der Waals surface area contributed by atoms with Crippen LogP contribution in [0, 0.1) is 22.0 Å². The van der Waals surface area contributed by atoms with Gasteiger partial charge >= 0.3 is 5.97 Å². The number of sulfonamides is 1. The number of fused-ring (bicyclic) bond motifs is 1. The number of benzene rings is 3. The third kappa shape index (κ3) is 7.50. The lowest BCUT2D eigenvalue weighted by molar-refractivity contribution is -0.384. The first-order valence-electron chi connectivity index (χ1n) is 20.5. The van der Waals surface area contributed by atoms with Crippen molar-refractivity contribution in [2.75, 3.05) is 17.5 Å². The van der Waals surface area contributed by atoms with Gasteiger partial charge in [0.05, 0.1) is 40.1 Å². The molecule has 3 aliphatic heterocycles. The monoisotopic (exact) mass is 835 g/mol. The van der Waals surface area contributed by atoms with E-state index in [1.807, 2.05) is 32.0 Å². The Morgan fingerprint density at radius 2 is 1.54 bits per heavy atom. The highest BCUT2D eigenvalue weighted by Crippen LogP contribution is 2.51. The van der Waals surface area contributed by atoms with Crippen molar-refractivity contribution in [3.8, 4) is 0 Å². The van der Waals surface area contributed by atoms with Crippen molar-refractivity contribution in [1.82, 2.24) is 4.90 Å². The molecular formula is C42H57N3O9SSi2. The van der Waals surface area contributed by atoms with E-state index in [2.05, 4.69) is 41.5 Å². The molecule has 4 atom stereocenters. The van der Waals surface area contributed by atoms with Crippen molar-refractivity contribution in [3.05, 3.63) is 87.1 Å². The lowest BCUT2D eigenvalue weighted by Crippen LogP contribution is -2.65. The van der Waals surface area contributed by atoms with Gasteiger partial charge in [-0.05, 0) is 96.0 Å². The van der Waals surface area contributed by atoms with Crippen molar-refractivity contribution in [1.29, 1.82) is 0 Å². The second-order valence-corrected chi connectivity index (χ2v) is 27.1. The van der Waals surface area contributed by atoms with Gasteiger partial charge in [0.1, 0.15) is 12.3 Å². The highest BCUT2D eigenvalue weighted by molar-refractivity contribution is 7.93. The molecular weight excluding hydrogens is 779 g/mol. The van der Waals surface area contributed by atoms with E-state index >= 15 is 0 Å². The van der Waals surface area contributed by atoms with E-state index in [1.165, 1.54) is 33.5 Å². The third-order valence-corrected chi connectivity index (χ3v) is 24.5. The summed E-state index contributed by atoms with van der Waals surface area (Å²) in [5.74, 6) is -1.89. The van der Waals surface area contributed by atoms with Gasteiger partial charge in [0, 0.05) is 30.0 Å². The maximum absolute atomic E-state index is 14.5. The zero-order chi connectivity index (χ0) is 41.4. The number of β-lactam (4-membered cyclic amide) rings is 1. The standard InChI is InChI=1S/C42H57N3O9SSi2/c1-9-56(10-2,11-3)53-25-24-31-20-23-36-38-33(31)16-15-17-35(38)43(55(36,50)51)26-34-28(7)39-37(29(8)54-57(12-4,13-5)14-6)41(46)44(39)40(34)42(47)52-27-30-18-21-32(22-19-30)45(48)49/h15-23,28-29,37,39H,9-14,24-27H2,1-8H3/t28-,29+,37+,39+/m0/s1. The number of nitro groups is 1. The topological polar surface area (TPSA) is 146 Å². The summed E-state index contributed by atoms with van der Waals surface area (Å²) >= 11 is 0. The molecule has 1 fully saturated rings. The van der Waals surface area contributed by atoms with E-state index in [4.69, 9.17) is 13.6 Å². The summed E-state index contributed by atoms with van der Waals surface area (Å²) in [4.78, 5) is 40.7. The summed E-state index contributed by atoms with van der Waals surface area (Å²) in [5.41, 5.74) is 2.55. The summed E-state index contributed by atoms with van der Waals surface area (Å²) in [6.07, 6.45) is 0.265. The fourth-order valence-corrected chi connectivity index (χ4v) is 16.5. The van der Waals surface area contributed by atoms with E-state index in [9.17, 15) is 28.1 Å². The van der Waals surface area contributed by atoms with Gasteiger partial charge in [0.15, 0.2) is 16.6 Å². The fraction of sp³-hybridized carbons (Fsp3) is 0.524. The number of nitrogens with zero attached hydrogens (tertiary/aromatic N) is 3. The molecule has 308 valence electrons. The molecule has 0 bridgehead atoms. The van der Waals surface area contributed by atoms with Crippen LogP contribution in [-0.2, 0) is 46.2 Å². The van der Waals surface area contributed by atoms with Crippen LogP contribution in [0.3, 0.4) is 0 Å². The van der Waals surface area contributed by atoms with Crippen LogP contribution in [0.25, 0.3) is 10.8 Å². The van der Waals surface area contributed by atoms with E-state index in [0.717, 1.165) is 47.2 Å². The normalized spacial score (nSPS) is 20.6. The van der Waals surface area contributed by atoms with Gasteiger partial charge in [0.2, 0.25) is 5.91 Å². The van der Waals surface area contributed by atoms with Gasteiger partial charge in [0.25, 0.3) is 15.7 Å². The number of rotatable bonds is 19. The number of hydrogen-bond donors (Lipinski definition) is 0. The molecule has 57 heavy (non-hydrogen) atoms. The zero-order valence-electron chi connectivity index (χ0n) is 34.5. The minimum atomic E-state index is -4.04. The van der Waals surface area contributed by atoms with Crippen LogP contribution in [-0.4, -0.2) is 72.0 Å². The molecule has 0 aromatic heterocycles. The van der Waals surface area contributed by atoms with Crippen molar-refractivity contribution in [2.24, 2.45) is 11.8 Å². The molecule has 6 rings (SSSR count). The van der Waals surface area contributed by atoms with Gasteiger partial charge < -0.3 is 18.5 Å². The number of carbonyl (C=O) groups is 2. The molecule has 1 amide bonds. The lowest BCUT2D eigenvalue weighted by Gasteiger charge is -2.49. The van der Waals surface area contributed by atoms with Gasteiger partial charge in [-0.1, -0.05) is 66.7 Å². The van der Waals surface area contributed by atoms with Crippen LogP contribution in [0.2, 0.25) is 36.3 Å². The summed E-state index contributed by atoms with van der Waals surface area (Å²) in [6, 6.07) is 20.4. The van der Waals surface area contributed by atoms with E-state index in [-0.39, 0.29) is 47.4 Å². The van der Waals surface area contributed by atoms with Crippen molar-refractivity contribution < 1.29 is 36.5 Å². The van der Waals surface area contributed by atoms with Gasteiger partial charge in [-0.3, -0.25) is 19.2 Å². The predicted octanol–water partition coefficient (Wildman–Crippen LogP) is 8.71. The number of esters is 1. The van der Waals surface area contributed by atoms with Crippen LogP contribution >= 0.6 is 0 Å². The van der Waals surface area contributed by atoms with Gasteiger partial charge in [-0.15, -0.1) is 0 Å². The third-order valence-electron chi connectivity index (χ3n) is 13.3. The van der Waals surface area contributed by atoms with Crippen LogP contribution < -0.4 is 4.31 Å². The van der Waals surface area contributed by atoms with Crippen LogP contribution in [0.1, 0.15) is 66.5 Å². The van der Waals surface area contributed by atoms with Crippen LogP contribution in [0.5, 0.6) is 0 Å². The van der Waals surface area contributed by atoms with Crippen molar-refractivity contribution >= 4 is 60.7 Å². The lowest BCUT2D eigenvalue weighted by atomic mass is 9.77. The second-order valence-electron chi connectivity index (χ2n) is 15.7. The quantitative estimate of drug-likeness (QED) is 0.0381. The number of carbonyl (C=O) groups excluding carboxylic acids is 2. The Bertz CT molecular complexity index is 2150. The number of non-ortho nitro benzene ring substituents is 1. The maximum atomic E-state index is 14.5. The molecule has 0 unspecified atom stereocenters.